The summed E-state index contributed by atoms with van der Waals surface area (Å²) in [6.07, 6.45) is 0. The summed E-state index contributed by atoms with van der Waals surface area (Å²) >= 11 is 6.14. The monoisotopic (exact) mass is 455 g/mol. The summed E-state index contributed by atoms with van der Waals surface area (Å²) in [5, 5.41) is 9.67. The number of imide groups is 1. The van der Waals surface area contributed by atoms with Gasteiger partial charge in [0.05, 0.1) is 24.5 Å². The van der Waals surface area contributed by atoms with Crippen LogP contribution in [0.5, 0.6) is 5.75 Å². The first kappa shape index (κ1) is 22.3. The van der Waals surface area contributed by atoms with Crippen molar-refractivity contribution in [3.63, 3.8) is 0 Å². The quantitative estimate of drug-likeness (QED) is 0.647. The molecule has 1 fully saturated rings. The predicted octanol–water partition coefficient (Wildman–Crippen LogP) is 2.63. The summed E-state index contributed by atoms with van der Waals surface area (Å²) < 4.78 is 5.52. The molecule has 2 aromatic carbocycles. The molecule has 0 atom stereocenters. The molecule has 8 heteroatoms. The van der Waals surface area contributed by atoms with Gasteiger partial charge in [0.25, 0.3) is 11.8 Å². The molecule has 0 spiro atoms. The van der Waals surface area contributed by atoms with Gasteiger partial charge in [-0.15, -0.1) is 0 Å². The molecule has 1 N–H and O–H groups in total. The summed E-state index contributed by atoms with van der Waals surface area (Å²) in [6.45, 7) is 5.76. The molecule has 0 unspecified atom stereocenters. The van der Waals surface area contributed by atoms with Crippen LogP contribution in [0, 0.1) is 0 Å². The van der Waals surface area contributed by atoms with Crippen LogP contribution in [0.1, 0.15) is 12.5 Å². The number of ether oxygens (including phenoxy) is 1. The summed E-state index contributed by atoms with van der Waals surface area (Å²) in [5.41, 5.74) is 1.91. The molecule has 0 bridgehead atoms. The number of benzene rings is 2. The maximum absolute atomic E-state index is 13.6. The highest BCUT2D eigenvalue weighted by Gasteiger charge is 2.43. The molecule has 168 valence electrons. The van der Waals surface area contributed by atoms with Crippen LogP contribution in [-0.4, -0.2) is 72.7 Å². The van der Waals surface area contributed by atoms with Crippen molar-refractivity contribution in [2.24, 2.45) is 0 Å². The Morgan fingerprint density at radius 3 is 2.34 bits per heavy atom. The van der Waals surface area contributed by atoms with Gasteiger partial charge in [0.15, 0.2) is 0 Å². The van der Waals surface area contributed by atoms with Crippen molar-refractivity contribution in [3.8, 4) is 5.75 Å². The highest BCUT2D eigenvalue weighted by Crippen LogP contribution is 2.36. The molecule has 0 radical (unpaired) electrons. The lowest BCUT2D eigenvalue weighted by molar-refractivity contribution is -0.120. The topological polar surface area (TPSA) is 73.3 Å². The molecule has 7 nitrogen and oxygen atoms in total. The third-order valence-corrected chi connectivity index (χ3v) is 5.92. The van der Waals surface area contributed by atoms with Gasteiger partial charge in [0.2, 0.25) is 0 Å². The Balaban J connectivity index is 1.72. The Hall–Kier alpha value is -2.87. The molecule has 4 rings (SSSR count). The minimum absolute atomic E-state index is 0.0973. The van der Waals surface area contributed by atoms with Crippen LogP contribution in [0.25, 0.3) is 5.57 Å². The lowest BCUT2D eigenvalue weighted by atomic mass is 10.0. The van der Waals surface area contributed by atoms with Crippen LogP contribution in [-0.2, 0) is 9.59 Å². The minimum atomic E-state index is -0.366. The minimum Gasteiger partial charge on any atom is -0.494 e. The van der Waals surface area contributed by atoms with Gasteiger partial charge in [-0.05, 0) is 42.8 Å². The van der Waals surface area contributed by atoms with Crippen molar-refractivity contribution in [3.05, 3.63) is 64.8 Å². The molecule has 2 heterocycles. The first-order chi connectivity index (χ1) is 15.5. The van der Waals surface area contributed by atoms with E-state index in [1.54, 1.807) is 24.3 Å². The van der Waals surface area contributed by atoms with Crippen molar-refractivity contribution < 1.29 is 19.4 Å². The molecule has 32 heavy (non-hydrogen) atoms. The van der Waals surface area contributed by atoms with Gasteiger partial charge < -0.3 is 14.7 Å². The van der Waals surface area contributed by atoms with E-state index in [-0.39, 0.29) is 18.4 Å². The van der Waals surface area contributed by atoms with Crippen molar-refractivity contribution in [2.45, 2.75) is 6.92 Å². The van der Waals surface area contributed by atoms with Gasteiger partial charge >= 0.3 is 0 Å². The predicted molar refractivity (Wildman–Crippen MR) is 124 cm³/mol. The number of aliphatic hydroxyl groups excluding tert-OH is 1. The van der Waals surface area contributed by atoms with Crippen LogP contribution in [0.4, 0.5) is 5.69 Å². The average Bonchev–Trinajstić information content (AvgIpc) is 3.05. The lowest BCUT2D eigenvalue weighted by Crippen LogP contribution is -2.48. The summed E-state index contributed by atoms with van der Waals surface area (Å²) in [5.74, 6) is -0.00883. The van der Waals surface area contributed by atoms with Crippen molar-refractivity contribution in [1.82, 2.24) is 9.80 Å². The number of carbonyl (C=O) groups is 2. The van der Waals surface area contributed by atoms with E-state index in [1.807, 2.05) is 36.1 Å². The number of piperazine rings is 1. The summed E-state index contributed by atoms with van der Waals surface area (Å²) in [6, 6.07) is 14.0. The third kappa shape index (κ3) is 4.37. The zero-order chi connectivity index (χ0) is 22.7. The lowest BCUT2D eigenvalue weighted by Gasteiger charge is -2.36. The number of rotatable bonds is 7. The number of carbonyl (C=O) groups excluding carboxylic acids is 2. The van der Waals surface area contributed by atoms with E-state index in [0.29, 0.717) is 72.6 Å². The van der Waals surface area contributed by atoms with Crippen molar-refractivity contribution in [2.75, 3.05) is 50.8 Å². The van der Waals surface area contributed by atoms with E-state index in [1.165, 1.54) is 4.90 Å². The number of nitrogens with zero attached hydrogens (tertiary/aromatic N) is 3. The molecule has 2 amide bonds. The smallest absolute Gasteiger partial charge is 0.282 e. The van der Waals surface area contributed by atoms with Crippen LogP contribution in [0.15, 0.2) is 54.2 Å². The highest BCUT2D eigenvalue weighted by molar-refractivity contribution is 6.45. The van der Waals surface area contributed by atoms with Gasteiger partial charge in [-0.25, -0.2) is 4.90 Å². The first-order valence-corrected chi connectivity index (χ1v) is 11.1. The van der Waals surface area contributed by atoms with Gasteiger partial charge in [0.1, 0.15) is 11.4 Å². The fourth-order valence-electron chi connectivity index (χ4n) is 4.14. The Labute approximate surface area is 192 Å². The second kappa shape index (κ2) is 9.73. The van der Waals surface area contributed by atoms with Crippen LogP contribution in [0.3, 0.4) is 0 Å². The number of aliphatic hydroxyl groups is 1. The van der Waals surface area contributed by atoms with E-state index in [9.17, 15) is 14.7 Å². The van der Waals surface area contributed by atoms with Gasteiger partial charge in [-0.3, -0.25) is 14.5 Å². The van der Waals surface area contributed by atoms with Crippen molar-refractivity contribution in [1.29, 1.82) is 0 Å². The molecule has 1 saturated heterocycles. The summed E-state index contributed by atoms with van der Waals surface area (Å²) in [4.78, 5) is 32.5. The van der Waals surface area contributed by atoms with E-state index in [4.69, 9.17) is 16.3 Å². The van der Waals surface area contributed by atoms with Gasteiger partial charge in [-0.2, -0.15) is 0 Å². The second-order valence-corrected chi connectivity index (χ2v) is 8.10. The van der Waals surface area contributed by atoms with Crippen LogP contribution < -0.4 is 9.64 Å². The van der Waals surface area contributed by atoms with Gasteiger partial charge in [-0.1, -0.05) is 29.8 Å². The molecular weight excluding hydrogens is 430 g/mol. The fourth-order valence-corrected chi connectivity index (χ4v) is 4.33. The summed E-state index contributed by atoms with van der Waals surface area (Å²) in [7, 11) is 0. The SMILES string of the molecule is CCOc1ccc(C2=C(N3CCN(CCO)CC3)C(=O)N(c3cccc(Cl)c3)C2=O)cc1. The van der Waals surface area contributed by atoms with E-state index >= 15 is 0 Å². The molecule has 0 saturated carbocycles. The normalized spacial score (nSPS) is 17.5. The number of anilines is 1. The fraction of sp³-hybridized carbons (Fsp3) is 0.333. The molecule has 2 aliphatic heterocycles. The van der Waals surface area contributed by atoms with Crippen molar-refractivity contribution >= 4 is 34.7 Å². The number of amides is 2. The maximum Gasteiger partial charge on any atom is 0.282 e. The Kier molecular flexibility index (Phi) is 6.79. The number of hydrogen-bond donors (Lipinski definition) is 1. The highest BCUT2D eigenvalue weighted by atomic mass is 35.5. The van der Waals surface area contributed by atoms with Crippen LogP contribution in [0.2, 0.25) is 5.02 Å². The zero-order valence-electron chi connectivity index (χ0n) is 18.0. The molecule has 0 aliphatic carbocycles. The average molecular weight is 456 g/mol. The number of hydrogen-bond acceptors (Lipinski definition) is 6. The largest absolute Gasteiger partial charge is 0.494 e. The zero-order valence-corrected chi connectivity index (χ0v) is 18.7. The molecule has 2 aromatic rings. The Bertz CT molecular complexity index is 1030. The number of β-amino-alcohol motifs (C(OH)–C–C–N with tert-alkyl or cyclic N) is 1. The molecule has 2 aliphatic rings. The first-order valence-electron chi connectivity index (χ1n) is 10.7. The van der Waals surface area contributed by atoms with Gasteiger partial charge in [0, 0.05) is 37.7 Å². The number of halogens is 1. The maximum atomic E-state index is 13.6. The van der Waals surface area contributed by atoms with E-state index < -0.39 is 0 Å². The standard InChI is InChI=1S/C24H26ClN3O4/c1-2-32-20-8-6-17(7-9-20)21-22(27-12-10-26(11-13-27)14-15-29)24(31)28(23(21)30)19-5-3-4-18(25)16-19/h3-9,16,29H,2,10-15H2,1H3. The van der Waals surface area contributed by atoms with Crippen LogP contribution >= 0.6 is 11.6 Å². The second-order valence-electron chi connectivity index (χ2n) is 7.66. The molecule has 0 aromatic heterocycles. The van der Waals surface area contributed by atoms with E-state index in [2.05, 4.69) is 4.90 Å². The Morgan fingerprint density at radius 1 is 1.00 bits per heavy atom. The molecular formula is C24H26ClN3O4. The van der Waals surface area contributed by atoms with E-state index in [0.717, 1.165) is 0 Å². The Morgan fingerprint density at radius 2 is 1.72 bits per heavy atom. The third-order valence-electron chi connectivity index (χ3n) is 5.68.